The van der Waals surface area contributed by atoms with Crippen molar-refractivity contribution >= 4 is 29.3 Å². The summed E-state index contributed by atoms with van der Waals surface area (Å²) in [7, 11) is 1.05. The maximum atomic E-state index is 14.9. The third-order valence-electron chi connectivity index (χ3n) is 8.20. The molecule has 0 atom stereocenters. The third kappa shape index (κ3) is 4.26. The van der Waals surface area contributed by atoms with Crippen molar-refractivity contribution in [2.75, 3.05) is 11.9 Å². The number of carbonyl (C=O) groups is 4. The fourth-order valence-corrected chi connectivity index (χ4v) is 5.83. The maximum Gasteiger partial charge on any atom is 0.411 e. The van der Waals surface area contributed by atoms with Crippen molar-refractivity contribution in [2.24, 2.45) is 0 Å². The average Bonchev–Trinajstić information content (AvgIpc) is 3.36. The largest absolute Gasteiger partial charge is 0.411 e. The van der Waals surface area contributed by atoms with Gasteiger partial charge in [-0.05, 0) is 65.6 Å². The molecule has 228 valence electrons. The number of halogens is 6. The monoisotopic (exact) mass is 622 g/mol. The summed E-state index contributed by atoms with van der Waals surface area (Å²) in [4.78, 5) is 52.7. The van der Waals surface area contributed by atoms with Crippen molar-refractivity contribution in [1.82, 2.24) is 4.90 Å². The first-order valence-electron chi connectivity index (χ1n) is 13.4. The summed E-state index contributed by atoms with van der Waals surface area (Å²) in [6.07, 6.45) is -12.1. The van der Waals surface area contributed by atoms with Crippen LogP contribution in [0.2, 0.25) is 0 Å². The van der Waals surface area contributed by atoms with E-state index in [1.54, 1.807) is 12.1 Å². The van der Waals surface area contributed by atoms with Gasteiger partial charge in [0, 0.05) is 7.05 Å². The normalized spacial score (nSPS) is 15.2. The van der Waals surface area contributed by atoms with E-state index in [-0.39, 0.29) is 16.8 Å². The highest BCUT2D eigenvalue weighted by Gasteiger charge is 2.73. The topological polar surface area (TPSA) is 74.8 Å². The first kappa shape index (κ1) is 29.8. The smallest absolute Gasteiger partial charge is 0.277 e. The number of amides is 4. The van der Waals surface area contributed by atoms with Crippen molar-refractivity contribution in [3.8, 4) is 11.1 Å². The summed E-state index contributed by atoms with van der Waals surface area (Å²) in [5.41, 5.74) is -6.77. The Bertz CT molecular complexity index is 1920. The van der Waals surface area contributed by atoms with Crippen LogP contribution < -0.4 is 4.90 Å². The molecule has 0 saturated carbocycles. The molecule has 0 aliphatic carbocycles. The number of anilines is 1. The second kappa shape index (κ2) is 9.88. The number of alkyl halides is 6. The Balaban J connectivity index is 1.45. The zero-order valence-electron chi connectivity index (χ0n) is 23.4. The number of hydrogen-bond donors (Lipinski definition) is 0. The molecule has 4 aromatic carbocycles. The van der Waals surface area contributed by atoms with Gasteiger partial charge in [-0.15, -0.1) is 0 Å². The quantitative estimate of drug-likeness (QED) is 0.180. The number of benzene rings is 4. The van der Waals surface area contributed by atoms with E-state index in [4.69, 9.17) is 0 Å². The Morgan fingerprint density at radius 1 is 0.511 bits per heavy atom. The van der Waals surface area contributed by atoms with Gasteiger partial charge < -0.3 is 0 Å². The standard InChI is InChI=1S/C33H20F6N2O4/c1-17-3-5-18(6-4-17)19-7-11-22(12-8-19)41-29(44)24-14-10-21(16-26(24)30(41)45)31(32(34,35)36,33(37,38)39)20-9-13-23-25(15-20)28(43)40(2)27(23)42/h3-16H,1-2H3. The van der Waals surface area contributed by atoms with Crippen LogP contribution in [-0.2, 0) is 5.41 Å². The van der Waals surface area contributed by atoms with E-state index >= 15 is 0 Å². The van der Waals surface area contributed by atoms with Gasteiger partial charge >= 0.3 is 12.4 Å². The number of rotatable bonds is 4. The molecule has 0 unspecified atom stereocenters. The molecule has 0 spiro atoms. The van der Waals surface area contributed by atoms with Crippen molar-refractivity contribution in [2.45, 2.75) is 24.7 Å². The number of carbonyl (C=O) groups excluding carboxylic acids is 4. The highest BCUT2D eigenvalue weighted by Crippen LogP contribution is 2.57. The van der Waals surface area contributed by atoms with Crippen LogP contribution >= 0.6 is 0 Å². The van der Waals surface area contributed by atoms with Crippen LogP contribution in [0, 0.1) is 6.92 Å². The van der Waals surface area contributed by atoms with Crippen molar-refractivity contribution in [3.05, 3.63) is 124 Å². The van der Waals surface area contributed by atoms with E-state index in [1.165, 1.54) is 12.1 Å². The van der Waals surface area contributed by atoms with Gasteiger partial charge in [-0.2, -0.15) is 26.3 Å². The minimum atomic E-state index is -6.04. The molecule has 0 bridgehead atoms. The van der Waals surface area contributed by atoms with E-state index in [2.05, 4.69) is 0 Å². The molecule has 12 heteroatoms. The first-order chi connectivity index (χ1) is 21.1. The fraction of sp³-hybridized carbons (Fsp3) is 0.152. The van der Waals surface area contributed by atoms with E-state index in [0.29, 0.717) is 34.1 Å². The molecule has 0 aromatic heterocycles. The Morgan fingerprint density at radius 2 is 0.911 bits per heavy atom. The SMILES string of the molecule is Cc1ccc(-c2ccc(N3C(=O)c4ccc(C(c5ccc6c(c5)C(=O)N(C)C6=O)(C(F)(F)F)C(F)(F)F)cc4C3=O)cc2)cc1. The lowest BCUT2D eigenvalue weighted by Crippen LogP contribution is -2.55. The summed E-state index contributed by atoms with van der Waals surface area (Å²) < 4.78 is 89.2. The van der Waals surface area contributed by atoms with E-state index in [9.17, 15) is 45.5 Å². The van der Waals surface area contributed by atoms with Crippen molar-refractivity contribution in [3.63, 3.8) is 0 Å². The minimum absolute atomic E-state index is 0.0717. The molecule has 45 heavy (non-hydrogen) atoms. The Hall–Kier alpha value is -5.26. The van der Waals surface area contributed by atoms with Crippen LogP contribution in [0.3, 0.4) is 0 Å². The molecule has 0 saturated heterocycles. The van der Waals surface area contributed by atoms with E-state index in [1.807, 2.05) is 31.2 Å². The van der Waals surface area contributed by atoms with Crippen LogP contribution in [0.5, 0.6) is 0 Å². The molecule has 0 N–H and O–H groups in total. The summed E-state index contributed by atoms with van der Waals surface area (Å²) in [6.45, 7) is 1.92. The van der Waals surface area contributed by atoms with Crippen LogP contribution in [0.4, 0.5) is 32.0 Å². The molecule has 2 aliphatic heterocycles. The average molecular weight is 623 g/mol. The number of imide groups is 2. The summed E-state index contributed by atoms with van der Waals surface area (Å²) in [6, 6.07) is 17.0. The molecule has 6 rings (SSSR count). The van der Waals surface area contributed by atoms with Gasteiger partial charge in [-0.3, -0.25) is 24.1 Å². The maximum absolute atomic E-state index is 14.9. The van der Waals surface area contributed by atoms with E-state index < -0.39 is 63.7 Å². The molecular weight excluding hydrogens is 602 g/mol. The molecular formula is C33H20F6N2O4. The zero-order chi connectivity index (χ0) is 32.6. The minimum Gasteiger partial charge on any atom is -0.277 e. The molecule has 2 aliphatic rings. The van der Waals surface area contributed by atoms with Crippen molar-refractivity contribution in [1.29, 1.82) is 0 Å². The van der Waals surface area contributed by atoms with Gasteiger partial charge in [0.25, 0.3) is 23.6 Å². The van der Waals surface area contributed by atoms with Gasteiger partial charge in [0.15, 0.2) is 0 Å². The van der Waals surface area contributed by atoms with Gasteiger partial charge in [0.2, 0.25) is 5.41 Å². The molecule has 4 amide bonds. The van der Waals surface area contributed by atoms with Gasteiger partial charge in [0.05, 0.1) is 27.9 Å². The second-order valence-corrected chi connectivity index (χ2v) is 10.8. The predicted octanol–water partition coefficient (Wildman–Crippen LogP) is 7.10. The fourth-order valence-electron chi connectivity index (χ4n) is 5.83. The van der Waals surface area contributed by atoms with E-state index in [0.717, 1.165) is 35.9 Å². The highest BCUT2D eigenvalue weighted by atomic mass is 19.4. The van der Waals surface area contributed by atoms with Gasteiger partial charge in [-0.25, -0.2) is 4.90 Å². The Labute approximate surface area is 251 Å². The summed E-state index contributed by atoms with van der Waals surface area (Å²) >= 11 is 0. The van der Waals surface area contributed by atoms with Crippen molar-refractivity contribution < 1.29 is 45.5 Å². The Kier molecular flexibility index (Phi) is 6.54. The van der Waals surface area contributed by atoms with Gasteiger partial charge in [0.1, 0.15) is 0 Å². The second-order valence-electron chi connectivity index (χ2n) is 10.8. The van der Waals surface area contributed by atoms with Crippen LogP contribution in [0.25, 0.3) is 11.1 Å². The van der Waals surface area contributed by atoms with Crippen LogP contribution in [-0.4, -0.2) is 47.9 Å². The molecule has 0 radical (unpaired) electrons. The molecule has 4 aromatic rings. The lowest BCUT2D eigenvalue weighted by molar-refractivity contribution is -0.288. The predicted molar refractivity (Wildman–Crippen MR) is 150 cm³/mol. The summed E-state index contributed by atoms with van der Waals surface area (Å²) in [5, 5.41) is 0. The molecule has 6 nitrogen and oxygen atoms in total. The number of nitrogens with zero attached hydrogens (tertiary/aromatic N) is 2. The zero-order valence-corrected chi connectivity index (χ0v) is 23.4. The van der Waals surface area contributed by atoms with Gasteiger partial charge in [-0.1, -0.05) is 54.1 Å². The highest BCUT2D eigenvalue weighted by molar-refractivity contribution is 6.34. The lowest BCUT2D eigenvalue weighted by Gasteiger charge is -2.38. The number of hydrogen-bond acceptors (Lipinski definition) is 4. The number of fused-ring (bicyclic) bond motifs is 2. The Morgan fingerprint density at radius 3 is 1.40 bits per heavy atom. The van der Waals surface area contributed by atoms with Crippen LogP contribution in [0.15, 0.2) is 84.9 Å². The summed E-state index contributed by atoms with van der Waals surface area (Å²) in [5.74, 6) is -3.96. The third-order valence-corrected chi connectivity index (χ3v) is 8.20. The lowest BCUT2D eigenvalue weighted by atomic mass is 9.71. The van der Waals surface area contributed by atoms with Crippen LogP contribution in [0.1, 0.15) is 58.1 Å². The number of aryl methyl sites for hydroxylation is 1. The first-order valence-corrected chi connectivity index (χ1v) is 13.4. The molecule has 2 heterocycles. The molecule has 0 fully saturated rings.